The Balaban J connectivity index is 1.59. The minimum absolute atomic E-state index is 0.250. The molecule has 8 nitrogen and oxygen atoms in total. The van der Waals surface area contributed by atoms with E-state index >= 15 is 0 Å². The van der Waals surface area contributed by atoms with Gasteiger partial charge in [0.1, 0.15) is 11.9 Å². The van der Waals surface area contributed by atoms with Gasteiger partial charge in [0.2, 0.25) is 0 Å². The molecule has 0 bridgehead atoms. The summed E-state index contributed by atoms with van der Waals surface area (Å²) in [6.45, 7) is 8.37. The monoisotopic (exact) mass is 350 g/mol. The van der Waals surface area contributed by atoms with Crippen molar-refractivity contribution in [3.05, 3.63) is 12.5 Å². The molecule has 2 aromatic rings. The number of amides is 1. The molecule has 1 saturated heterocycles. The predicted octanol–water partition coefficient (Wildman–Crippen LogP) is 2.00. The first-order valence-electron chi connectivity index (χ1n) is 7.86. The van der Waals surface area contributed by atoms with Gasteiger partial charge in [-0.05, 0) is 20.8 Å². The third kappa shape index (κ3) is 3.84. The van der Waals surface area contributed by atoms with E-state index in [1.165, 1.54) is 0 Å². The number of aryl methyl sites for hydroxylation is 1. The normalized spacial score (nSPS) is 15.7. The Bertz CT molecular complexity index is 712. The standard InChI is InChI=1S/C15H22N6O2S/c1-15(2,3)23-14(22)21-7-5-20(6-8-21)13-16-9-11(24-13)12-17-10-19(4)18-12/h9-10H,5-8H2,1-4H3. The number of anilines is 1. The van der Waals surface area contributed by atoms with Crippen molar-refractivity contribution in [3.8, 4) is 10.7 Å². The van der Waals surface area contributed by atoms with Crippen molar-refractivity contribution in [1.82, 2.24) is 24.6 Å². The third-order valence-corrected chi connectivity index (χ3v) is 4.57. The molecule has 0 radical (unpaired) electrons. The van der Waals surface area contributed by atoms with Gasteiger partial charge < -0.3 is 14.5 Å². The van der Waals surface area contributed by atoms with Gasteiger partial charge in [-0.2, -0.15) is 5.10 Å². The molecule has 130 valence electrons. The smallest absolute Gasteiger partial charge is 0.410 e. The van der Waals surface area contributed by atoms with Crippen LogP contribution in [0.25, 0.3) is 10.7 Å². The summed E-state index contributed by atoms with van der Waals surface area (Å²) in [6, 6.07) is 0. The van der Waals surface area contributed by atoms with Crippen LogP contribution < -0.4 is 4.90 Å². The molecular formula is C15H22N6O2S. The number of ether oxygens (including phenoxy) is 1. The maximum absolute atomic E-state index is 12.1. The quantitative estimate of drug-likeness (QED) is 0.824. The number of rotatable bonds is 2. The van der Waals surface area contributed by atoms with E-state index in [0.29, 0.717) is 18.9 Å². The summed E-state index contributed by atoms with van der Waals surface area (Å²) in [7, 11) is 1.84. The molecule has 0 N–H and O–H groups in total. The van der Waals surface area contributed by atoms with Crippen molar-refractivity contribution in [2.75, 3.05) is 31.1 Å². The van der Waals surface area contributed by atoms with Crippen molar-refractivity contribution in [1.29, 1.82) is 0 Å². The van der Waals surface area contributed by atoms with Gasteiger partial charge in [0.25, 0.3) is 0 Å². The van der Waals surface area contributed by atoms with E-state index < -0.39 is 5.60 Å². The highest BCUT2D eigenvalue weighted by Crippen LogP contribution is 2.29. The first kappa shape index (κ1) is 16.7. The molecule has 1 fully saturated rings. The molecule has 1 amide bonds. The summed E-state index contributed by atoms with van der Waals surface area (Å²) in [6.07, 6.45) is 3.23. The van der Waals surface area contributed by atoms with Gasteiger partial charge in [0.05, 0.1) is 11.1 Å². The first-order chi connectivity index (χ1) is 11.3. The summed E-state index contributed by atoms with van der Waals surface area (Å²) < 4.78 is 7.09. The van der Waals surface area contributed by atoms with Gasteiger partial charge in [-0.1, -0.05) is 11.3 Å². The van der Waals surface area contributed by atoms with Crippen LogP contribution in [0.1, 0.15) is 20.8 Å². The molecule has 0 aromatic carbocycles. The van der Waals surface area contributed by atoms with Crippen LogP contribution in [0, 0.1) is 0 Å². The van der Waals surface area contributed by atoms with Crippen molar-refractivity contribution in [2.24, 2.45) is 7.05 Å². The Morgan fingerprint density at radius 2 is 1.92 bits per heavy atom. The molecular weight excluding hydrogens is 328 g/mol. The number of thiazole rings is 1. The summed E-state index contributed by atoms with van der Waals surface area (Å²) in [5.41, 5.74) is -0.464. The molecule has 1 aliphatic heterocycles. The van der Waals surface area contributed by atoms with Crippen LogP contribution in [0.2, 0.25) is 0 Å². The summed E-state index contributed by atoms with van der Waals surface area (Å²) in [4.78, 5) is 25.7. The van der Waals surface area contributed by atoms with Gasteiger partial charge in [-0.25, -0.2) is 14.8 Å². The zero-order valence-corrected chi connectivity index (χ0v) is 15.2. The van der Waals surface area contributed by atoms with E-state index in [2.05, 4.69) is 20.0 Å². The summed E-state index contributed by atoms with van der Waals surface area (Å²) in [5, 5.41) is 5.23. The van der Waals surface area contributed by atoms with Crippen LogP contribution in [-0.4, -0.2) is 62.5 Å². The molecule has 0 aliphatic carbocycles. The first-order valence-corrected chi connectivity index (χ1v) is 8.68. The minimum atomic E-state index is -0.464. The highest BCUT2D eigenvalue weighted by molar-refractivity contribution is 7.18. The lowest BCUT2D eigenvalue weighted by molar-refractivity contribution is 0.0240. The molecule has 3 rings (SSSR count). The molecule has 0 spiro atoms. The fourth-order valence-electron chi connectivity index (χ4n) is 2.37. The zero-order chi connectivity index (χ0) is 17.3. The van der Waals surface area contributed by atoms with E-state index in [1.807, 2.05) is 27.8 Å². The number of aromatic nitrogens is 4. The second kappa shape index (κ2) is 6.39. The Kier molecular flexibility index (Phi) is 4.44. The van der Waals surface area contributed by atoms with Crippen LogP contribution in [0.15, 0.2) is 12.5 Å². The fraction of sp³-hybridized carbons (Fsp3) is 0.600. The fourth-order valence-corrected chi connectivity index (χ4v) is 3.28. The van der Waals surface area contributed by atoms with Crippen molar-refractivity contribution in [2.45, 2.75) is 26.4 Å². The molecule has 0 atom stereocenters. The highest BCUT2D eigenvalue weighted by Gasteiger charge is 2.27. The lowest BCUT2D eigenvalue weighted by atomic mass is 10.2. The van der Waals surface area contributed by atoms with Crippen LogP contribution in [0.3, 0.4) is 0 Å². The zero-order valence-electron chi connectivity index (χ0n) is 14.4. The number of hydrogen-bond donors (Lipinski definition) is 0. The second-order valence-electron chi connectivity index (χ2n) is 6.70. The topological polar surface area (TPSA) is 76.4 Å². The van der Waals surface area contributed by atoms with Crippen LogP contribution in [0.4, 0.5) is 9.93 Å². The number of carbonyl (C=O) groups is 1. The van der Waals surface area contributed by atoms with Crippen molar-refractivity contribution >= 4 is 22.6 Å². The Hall–Kier alpha value is -2.16. The van der Waals surface area contributed by atoms with E-state index in [4.69, 9.17) is 4.74 Å². The van der Waals surface area contributed by atoms with Gasteiger partial charge >= 0.3 is 6.09 Å². The maximum Gasteiger partial charge on any atom is 0.410 e. The van der Waals surface area contributed by atoms with Crippen LogP contribution >= 0.6 is 11.3 Å². The summed E-state index contributed by atoms with van der Waals surface area (Å²) >= 11 is 1.57. The third-order valence-electron chi connectivity index (χ3n) is 3.52. The maximum atomic E-state index is 12.1. The molecule has 0 unspecified atom stereocenters. The van der Waals surface area contributed by atoms with Gasteiger partial charge in [0.15, 0.2) is 11.0 Å². The second-order valence-corrected chi connectivity index (χ2v) is 7.71. The lowest BCUT2D eigenvalue weighted by Crippen LogP contribution is -2.50. The molecule has 3 heterocycles. The van der Waals surface area contributed by atoms with Gasteiger partial charge in [-0.3, -0.25) is 4.68 Å². The largest absolute Gasteiger partial charge is 0.444 e. The molecule has 24 heavy (non-hydrogen) atoms. The SMILES string of the molecule is Cn1cnc(-c2cnc(N3CCN(C(=O)OC(C)(C)C)CC3)s2)n1. The highest BCUT2D eigenvalue weighted by atomic mass is 32.1. The van der Waals surface area contributed by atoms with E-state index in [-0.39, 0.29) is 6.09 Å². The average Bonchev–Trinajstić information content (AvgIpc) is 3.14. The number of piperazine rings is 1. The Labute approximate surface area is 145 Å². The molecule has 9 heteroatoms. The predicted molar refractivity (Wildman–Crippen MR) is 92.1 cm³/mol. The van der Waals surface area contributed by atoms with E-state index in [9.17, 15) is 4.79 Å². The number of nitrogens with zero attached hydrogens (tertiary/aromatic N) is 6. The molecule has 0 saturated carbocycles. The van der Waals surface area contributed by atoms with E-state index in [0.717, 1.165) is 23.1 Å². The minimum Gasteiger partial charge on any atom is -0.444 e. The lowest BCUT2D eigenvalue weighted by Gasteiger charge is -2.35. The Morgan fingerprint density at radius 3 is 2.50 bits per heavy atom. The van der Waals surface area contributed by atoms with Crippen LogP contribution in [0.5, 0.6) is 0 Å². The number of hydrogen-bond acceptors (Lipinski definition) is 7. The van der Waals surface area contributed by atoms with Crippen molar-refractivity contribution < 1.29 is 9.53 Å². The van der Waals surface area contributed by atoms with Crippen molar-refractivity contribution in [3.63, 3.8) is 0 Å². The summed E-state index contributed by atoms with van der Waals surface area (Å²) in [5.74, 6) is 0.689. The van der Waals surface area contributed by atoms with E-state index in [1.54, 1.807) is 33.4 Å². The van der Waals surface area contributed by atoms with Gasteiger partial charge in [0, 0.05) is 33.2 Å². The Morgan fingerprint density at radius 1 is 1.21 bits per heavy atom. The average molecular weight is 350 g/mol. The van der Waals surface area contributed by atoms with Crippen LogP contribution in [-0.2, 0) is 11.8 Å². The van der Waals surface area contributed by atoms with Gasteiger partial charge in [-0.15, -0.1) is 0 Å². The molecule has 1 aliphatic rings. The molecule has 2 aromatic heterocycles. The number of carbonyl (C=O) groups excluding carboxylic acids is 1.